The molecule has 0 saturated heterocycles. The maximum absolute atomic E-state index is 12.0. The van der Waals surface area contributed by atoms with Crippen LogP contribution in [0.2, 0.25) is 0 Å². The number of carbonyl (C=O) groups is 1. The SMILES string of the molecule is CCCN(CCO)C(=O)NCCc1cn2ccccc2n1. The number of carbonyl (C=O) groups excluding carboxylic acids is 1. The monoisotopic (exact) mass is 290 g/mol. The second-order valence-corrected chi connectivity index (χ2v) is 4.89. The van der Waals surface area contributed by atoms with Crippen molar-refractivity contribution in [2.75, 3.05) is 26.2 Å². The third-order valence-corrected chi connectivity index (χ3v) is 3.22. The van der Waals surface area contributed by atoms with Crippen molar-refractivity contribution in [2.24, 2.45) is 0 Å². The van der Waals surface area contributed by atoms with Gasteiger partial charge in [0.2, 0.25) is 0 Å². The Bertz CT molecular complexity index is 543. The van der Waals surface area contributed by atoms with Crippen LogP contribution in [0.25, 0.3) is 5.65 Å². The van der Waals surface area contributed by atoms with Crippen molar-refractivity contribution in [3.63, 3.8) is 0 Å². The summed E-state index contributed by atoms with van der Waals surface area (Å²) in [6, 6.07) is 5.73. The van der Waals surface area contributed by atoms with Gasteiger partial charge in [-0.1, -0.05) is 13.0 Å². The lowest BCUT2D eigenvalue weighted by atomic mass is 10.3. The van der Waals surface area contributed by atoms with Gasteiger partial charge in [0.15, 0.2) is 0 Å². The van der Waals surface area contributed by atoms with Crippen LogP contribution >= 0.6 is 0 Å². The van der Waals surface area contributed by atoms with E-state index in [1.54, 1.807) is 4.90 Å². The molecule has 0 saturated carbocycles. The molecule has 2 heterocycles. The lowest BCUT2D eigenvalue weighted by Crippen LogP contribution is -2.42. The molecule has 2 aromatic heterocycles. The van der Waals surface area contributed by atoms with Gasteiger partial charge in [0.1, 0.15) is 5.65 Å². The molecule has 2 N–H and O–H groups in total. The van der Waals surface area contributed by atoms with Crippen LogP contribution in [0, 0.1) is 0 Å². The minimum absolute atomic E-state index is 0.0140. The topological polar surface area (TPSA) is 69.9 Å². The van der Waals surface area contributed by atoms with Gasteiger partial charge >= 0.3 is 6.03 Å². The van der Waals surface area contributed by atoms with Crippen LogP contribution in [0.4, 0.5) is 4.79 Å². The number of imidazole rings is 1. The van der Waals surface area contributed by atoms with E-state index in [0.717, 1.165) is 17.8 Å². The molecule has 0 unspecified atom stereocenters. The predicted octanol–water partition coefficient (Wildman–Crippen LogP) is 1.29. The van der Waals surface area contributed by atoms with E-state index in [2.05, 4.69) is 10.3 Å². The second kappa shape index (κ2) is 7.64. The summed E-state index contributed by atoms with van der Waals surface area (Å²) in [7, 11) is 0. The van der Waals surface area contributed by atoms with E-state index in [-0.39, 0.29) is 12.6 Å². The maximum atomic E-state index is 12.0. The van der Waals surface area contributed by atoms with E-state index in [0.29, 0.717) is 26.1 Å². The largest absolute Gasteiger partial charge is 0.395 e. The number of aliphatic hydroxyl groups is 1. The summed E-state index contributed by atoms with van der Waals surface area (Å²) in [5.74, 6) is 0. The highest BCUT2D eigenvalue weighted by atomic mass is 16.3. The standard InChI is InChI=1S/C15H22N4O2/c1-2-8-18(10-11-20)15(21)16-7-6-13-12-19-9-4-3-5-14(19)17-13/h3-5,9,12,20H,2,6-8,10-11H2,1H3,(H,16,21). The number of fused-ring (bicyclic) bond motifs is 1. The van der Waals surface area contributed by atoms with Gasteiger partial charge in [-0.2, -0.15) is 0 Å². The summed E-state index contributed by atoms with van der Waals surface area (Å²) in [4.78, 5) is 18.1. The number of pyridine rings is 1. The number of nitrogens with zero attached hydrogens (tertiary/aromatic N) is 3. The number of nitrogens with one attached hydrogen (secondary N) is 1. The molecule has 0 aliphatic rings. The van der Waals surface area contributed by atoms with E-state index < -0.39 is 0 Å². The molecule has 2 amide bonds. The molecule has 0 fully saturated rings. The zero-order valence-electron chi connectivity index (χ0n) is 12.3. The summed E-state index contributed by atoms with van der Waals surface area (Å²) in [5.41, 5.74) is 1.86. The van der Waals surface area contributed by atoms with Crippen molar-refractivity contribution >= 4 is 11.7 Å². The van der Waals surface area contributed by atoms with Gasteiger partial charge in [0.05, 0.1) is 12.3 Å². The Balaban J connectivity index is 1.83. The Morgan fingerprint density at radius 2 is 2.29 bits per heavy atom. The molecule has 114 valence electrons. The summed E-state index contributed by atoms with van der Waals surface area (Å²) in [5, 5.41) is 11.8. The van der Waals surface area contributed by atoms with Crippen molar-refractivity contribution in [1.29, 1.82) is 0 Å². The highest BCUT2D eigenvalue weighted by Gasteiger charge is 2.11. The van der Waals surface area contributed by atoms with Crippen LogP contribution in [-0.2, 0) is 6.42 Å². The molecule has 21 heavy (non-hydrogen) atoms. The Labute approximate surface area is 124 Å². The molecular formula is C15H22N4O2. The minimum Gasteiger partial charge on any atom is -0.395 e. The van der Waals surface area contributed by atoms with Crippen molar-refractivity contribution in [2.45, 2.75) is 19.8 Å². The molecule has 2 rings (SSSR count). The van der Waals surface area contributed by atoms with Gasteiger partial charge in [0, 0.05) is 38.4 Å². The highest BCUT2D eigenvalue weighted by Crippen LogP contribution is 2.04. The van der Waals surface area contributed by atoms with Gasteiger partial charge in [-0.3, -0.25) is 0 Å². The van der Waals surface area contributed by atoms with Crippen LogP contribution in [-0.4, -0.2) is 51.7 Å². The molecule has 0 aliphatic heterocycles. The highest BCUT2D eigenvalue weighted by molar-refractivity contribution is 5.74. The average molecular weight is 290 g/mol. The molecule has 6 heteroatoms. The molecule has 0 atom stereocenters. The van der Waals surface area contributed by atoms with Gasteiger partial charge in [-0.15, -0.1) is 0 Å². The Morgan fingerprint density at radius 1 is 1.43 bits per heavy atom. The Kier molecular flexibility index (Phi) is 5.57. The summed E-state index contributed by atoms with van der Waals surface area (Å²) in [6.45, 7) is 3.55. The number of urea groups is 1. The smallest absolute Gasteiger partial charge is 0.317 e. The molecule has 0 aromatic carbocycles. The third-order valence-electron chi connectivity index (χ3n) is 3.22. The van der Waals surface area contributed by atoms with E-state index in [4.69, 9.17) is 5.11 Å². The molecular weight excluding hydrogens is 268 g/mol. The van der Waals surface area contributed by atoms with E-state index in [1.807, 2.05) is 41.9 Å². The quantitative estimate of drug-likeness (QED) is 0.807. The van der Waals surface area contributed by atoms with Gasteiger partial charge in [-0.05, 0) is 18.6 Å². The van der Waals surface area contributed by atoms with Gasteiger partial charge < -0.3 is 19.7 Å². The van der Waals surface area contributed by atoms with Gasteiger partial charge in [-0.25, -0.2) is 9.78 Å². The zero-order chi connectivity index (χ0) is 15.1. The maximum Gasteiger partial charge on any atom is 0.317 e. The lowest BCUT2D eigenvalue weighted by molar-refractivity contribution is 0.177. The van der Waals surface area contributed by atoms with E-state index in [1.165, 1.54) is 0 Å². The number of amides is 2. The lowest BCUT2D eigenvalue weighted by Gasteiger charge is -2.21. The van der Waals surface area contributed by atoms with Crippen LogP contribution in [0.1, 0.15) is 19.0 Å². The van der Waals surface area contributed by atoms with E-state index >= 15 is 0 Å². The Morgan fingerprint density at radius 3 is 3.00 bits per heavy atom. The summed E-state index contributed by atoms with van der Waals surface area (Å²) in [6.07, 6.45) is 5.49. The summed E-state index contributed by atoms with van der Waals surface area (Å²) >= 11 is 0. The van der Waals surface area contributed by atoms with Crippen LogP contribution in [0.15, 0.2) is 30.6 Å². The van der Waals surface area contributed by atoms with Crippen molar-refractivity contribution < 1.29 is 9.90 Å². The molecule has 0 aliphatic carbocycles. The normalized spacial score (nSPS) is 10.8. The first-order valence-corrected chi connectivity index (χ1v) is 7.31. The second-order valence-electron chi connectivity index (χ2n) is 4.89. The zero-order valence-corrected chi connectivity index (χ0v) is 12.3. The fourth-order valence-corrected chi connectivity index (χ4v) is 2.22. The van der Waals surface area contributed by atoms with Crippen LogP contribution in [0.3, 0.4) is 0 Å². The number of hydrogen-bond donors (Lipinski definition) is 2. The van der Waals surface area contributed by atoms with Crippen molar-refractivity contribution in [3.05, 3.63) is 36.3 Å². The van der Waals surface area contributed by atoms with Crippen molar-refractivity contribution in [3.8, 4) is 0 Å². The summed E-state index contributed by atoms with van der Waals surface area (Å²) < 4.78 is 1.96. The average Bonchev–Trinajstić information content (AvgIpc) is 2.89. The Hall–Kier alpha value is -2.08. The van der Waals surface area contributed by atoms with Crippen LogP contribution in [0.5, 0.6) is 0 Å². The molecule has 0 radical (unpaired) electrons. The number of hydrogen-bond acceptors (Lipinski definition) is 3. The van der Waals surface area contributed by atoms with Crippen LogP contribution < -0.4 is 5.32 Å². The van der Waals surface area contributed by atoms with Gasteiger partial charge in [0.25, 0.3) is 0 Å². The first-order chi connectivity index (χ1) is 10.2. The fraction of sp³-hybridized carbons (Fsp3) is 0.467. The molecule has 6 nitrogen and oxygen atoms in total. The predicted molar refractivity (Wildman–Crippen MR) is 81.2 cm³/mol. The minimum atomic E-state index is -0.130. The first-order valence-electron chi connectivity index (χ1n) is 7.31. The first kappa shape index (κ1) is 15.3. The van der Waals surface area contributed by atoms with Crippen molar-refractivity contribution in [1.82, 2.24) is 19.6 Å². The molecule has 2 aromatic rings. The fourth-order valence-electron chi connectivity index (χ4n) is 2.22. The third kappa shape index (κ3) is 4.19. The molecule has 0 spiro atoms. The number of aliphatic hydroxyl groups excluding tert-OH is 1. The number of aromatic nitrogens is 2. The van der Waals surface area contributed by atoms with E-state index in [9.17, 15) is 4.79 Å². The molecule has 0 bridgehead atoms. The number of rotatable bonds is 7.